The molecule has 0 saturated carbocycles. The maximum Gasteiger partial charge on any atom is 0.119 e. The van der Waals surface area contributed by atoms with E-state index in [1.54, 1.807) is 17.6 Å². The van der Waals surface area contributed by atoms with Crippen LogP contribution >= 0.6 is 11.3 Å². The van der Waals surface area contributed by atoms with Gasteiger partial charge in [-0.3, -0.25) is 0 Å². The van der Waals surface area contributed by atoms with Crippen molar-refractivity contribution in [3.05, 3.63) is 51.7 Å². The second-order valence-corrected chi connectivity index (χ2v) is 7.54. The summed E-state index contributed by atoms with van der Waals surface area (Å²) < 4.78 is 5.35. The first-order valence-electron chi connectivity index (χ1n) is 8.26. The van der Waals surface area contributed by atoms with E-state index in [4.69, 9.17) is 4.74 Å². The molecular formula is C19H23NOS. The van der Waals surface area contributed by atoms with Gasteiger partial charge in [0.15, 0.2) is 0 Å². The van der Waals surface area contributed by atoms with Gasteiger partial charge in [0.1, 0.15) is 5.75 Å². The SMILES string of the molecule is COc1ccc2c(c1)CCC2CN1CCC(c2cccs2)C1. The number of hydrogen-bond acceptors (Lipinski definition) is 3. The number of thiophene rings is 1. The summed E-state index contributed by atoms with van der Waals surface area (Å²) in [5.74, 6) is 2.47. The van der Waals surface area contributed by atoms with E-state index in [0.717, 1.165) is 11.7 Å². The minimum Gasteiger partial charge on any atom is -0.497 e. The van der Waals surface area contributed by atoms with Crippen molar-refractivity contribution in [2.24, 2.45) is 0 Å². The topological polar surface area (TPSA) is 12.5 Å². The quantitative estimate of drug-likeness (QED) is 0.835. The molecule has 116 valence electrons. The van der Waals surface area contributed by atoms with Crippen LogP contribution in [0.5, 0.6) is 5.75 Å². The molecule has 1 aliphatic heterocycles. The van der Waals surface area contributed by atoms with Crippen LogP contribution in [0.25, 0.3) is 0 Å². The number of hydrogen-bond donors (Lipinski definition) is 0. The first-order chi connectivity index (χ1) is 10.8. The monoisotopic (exact) mass is 313 g/mol. The lowest BCUT2D eigenvalue weighted by Crippen LogP contribution is -2.25. The molecule has 2 aliphatic rings. The van der Waals surface area contributed by atoms with E-state index in [0.29, 0.717) is 5.92 Å². The van der Waals surface area contributed by atoms with Crippen LogP contribution in [0.4, 0.5) is 0 Å². The highest BCUT2D eigenvalue weighted by molar-refractivity contribution is 7.10. The van der Waals surface area contributed by atoms with E-state index in [1.807, 2.05) is 11.3 Å². The summed E-state index contributed by atoms with van der Waals surface area (Å²) in [6, 6.07) is 11.1. The Hall–Kier alpha value is -1.32. The highest BCUT2D eigenvalue weighted by Gasteiger charge is 2.29. The Kier molecular flexibility index (Phi) is 3.93. The summed E-state index contributed by atoms with van der Waals surface area (Å²) in [7, 11) is 1.75. The normalized spacial score (nSPS) is 24.6. The molecule has 1 aromatic carbocycles. The van der Waals surface area contributed by atoms with Crippen LogP contribution in [0.3, 0.4) is 0 Å². The third kappa shape index (κ3) is 2.68. The van der Waals surface area contributed by atoms with Crippen molar-refractivity contribution in [1.29, 1.82) is 0 Å². The predicted molar refractivity (Wildman–Crippen MR) is 92.2 cm³/mol. The maximum absolute atomic E-state index is 5.35. The van der Waals surface area contributed by atoms with Gasteiger partial charge in [0, 0.05) is 23.9 Å². The Balaban J connectivity index is 1.42. The highest BCUT2D eigenvalue weighted by atomic mass is 32.1. The van der Waals surface area contributed by atoms with Gasteiger partial charge in [-0.15, -0.1) is 11.3 Å². The molecule has 0 radical (unpaired) electrons. The summed E-state index contributed by atoms with van der Waals surface area (Å²) in [4.78, 5) is 4.24. The van der Waals surface area contributed by atoms with Crippen molar-refractivity contribution in [3.8, 4) is 5.75 Å². The lowest BCUT2D eigenvalue weighted by Gasteiger charge is -2.21. The van der Waals surface area contributed by atoms with Crippen LogP contribution in [0.2, 0.25) is 0 Å². The first kappa shape index (κ1) is 14.3. The molecule has 3 heteroatoms. The van der Waals surface area contributed by atoms with Gasteiger partial charge in [-0.2, -0.15) is 0 Å². The molecule has 2 nitrogen and oxygen atoms in total. The molecule has 1 saturated heterocycles. The molecule has 1 aliphatic carbocycles. The zero-order chi connectivity index (χ0) is 14.9. The standard InChI is InChI=1S/C19H23NOS/c1-21-17-6-7-18-14(11-17)4-5-15(18)12-20-9-8-16(13-20)19-3-2-10-22-19/h2-3,6-7,10-11,15-16H,4-5,8-9,12-13H2,1H3. The first-order valence-corrected chi connectivity index (χ1v) is 9.14. The molecule has 2 atom stereocenters. The van der Waals surface area contributed by atoms with E-state index in [1.165, 1.54) is 44.5 Å². The van der Waals surface area contributed by atoms with Crippen molar-refractivity contribution in [2.75, 3.05) is 26.7 Å². The minimum absolute atomic E-state index is 0.711. The van der Waals surface area contributed by atoms with Crippen LogP contribution < -0.4 is 4.74 Å². The third-order valence-electron chi connectivity index (χ3n) is 5.25. The summed E-state index contributed by atoms with van der Waals surface area (Å²) in [6.45, 7) is 3.72. The van der Waals surface area contributed by atoms with Gasteiger partial charge in [-0.05, 0) is 66.4 Å². The number of nitrogens with zero attached hydrogens (tertiary/aromatic N) is 1. The Bertz CT molecular complexity index is 637. The average Bonchev–Trinajstić information content (AvgIpc) is 3.27. The van der Waals surface area contributed by atoms with E-state index in [-0.39, 0.29) is 0 Å². The van der Waals surface area contributed by atoms with Crippen molar-refractivity contribution >= 4 is 11.3 Å². The van der Waals surface area contributed by atoms with Crippen LogP contribution in [-0.4, -0.2) is 31.6 Å². The largest absolute Gasteiger partial charge is 0.497 e. The Morgan fingerprint density at radius 2 is 2.23 bits per heavy atom. The predicted octanol–water partition coefficient (Wildman–Crippen LogP) is 4.28. The Morgan fingerprint density at radius 3 is 3.05 bits per heavy atom. The Morgan fingerprint density at radius 1 is 1.27 bits per heavy atom. The maximum atomic E-state index is 5.35. The Labute approximate surface area is 136 Å². The third-order valence-corrected chi connectivity index (χ3v) is 6.28. The molecule has 0 N–H and O–H groups in total. The van der Waals surface area contributed by atoms with Gasteiger partial charge in [0.2, 0.25) is 0 Å². The lowest BCUT2D eigenvalue weighted by molar-refractivity contribution is 0.309. The van der Waals surface area contributed by atoms with Crippen molar-refractivity contribution in [2.45, 2.75) is 31.1 Å². The fourth-order valence-corrected chi connectivity index (χ4v) is 4.92. The molecule has 2 aromatic rings. The number of methoxy groups -OCH3 is 1. The smallest absolute Gasteiger partial charge is 0.119 e. The molecule has 2 heterocycles. The minimum atomic E-state index is 0.711. The van der Waals surface area contributed by atoms with Crippen LogP contribution in [0, 0.1) is 0 Å². The van der Waals surface area contributed by atoms with Crippen LogP contribution in [-0.2, 0) is 6.42 Å². The number of aryl methyl sites for hydroxylation is 1. The zero-order valence-electron chi connectivity index (χ0n) is 13.1. The van der Waals surface area contributed by atoms with Crippen molar-refractivity contribution < 1.29 is 4.74 Å². The van der Waals surface area contributed by atoms with E-state index >= 15 is 0 Å². The molecule has 22 heavy (non-hydrogen) atoms. The molecule has 0 bridgehead atoms. The summed E-state index contributed by atoms with van der Waals surface area (Å²) in [6.07, 6.45) is 3.82. The second-order valence-electron chi connectivity index (χ2n) is 6.56. The van der Waals surface area contributed by atoms with Gasteiger partial charge in [0.25, 0.3) is 0 Å². The van der Waals surface area contributed by atoms with Crippen LogP contribution in [0.1, 0.15) is 40.7 Å². The van der Waals surface area contributed by atoms with Gasteiger partial charge in [0.05, 0.1) is 7.11 Å². The lowest BCUT2D eigenvalue weighted by atomic mass is 10.0. The van der Waals surface area contributed by atoms with Gasteiger partial charge in [-0.1, -0.05) is 12.1 Å². The fraction of sp³-hybridized carbons (Fsp3) is 0.474. The van der Waals surface area contributed by atoms with E-state index in [9.17, 15) is 0 Å². The number of ether oxygens (including phenoxy) is 1. The van der Waals surface area contributed by atoms with Crippen LogP contribution in [0.15, 0.2) is 35.7 Å². The summed E-state index contributed by atoms with van der Waals surface area (Å²) >= 11 is 1.92. The number of likely N-dealkylation sites (tertiary alicyclic amines) is 1. The molecule has 0 spiro atoms. The summed E-state index contributed by atoms with van der Waals surface area (Å²) in [5, 5.41) is 2.21. The second kappa shape index (κ2) is 6.05. The summed E-state index contributed by atoms with van der Waals surface area (Å²) in [5.41, 5.74) is 3.05. The van der Waals surface area contributed by atoms with Gasteiger partial charge >= 0.3 is 0 Å². The molecule has 2 unspecified atom stereocenters. The van der Waals surface area contributed by atoms with Crippen molar-refractivity contribution in [1.82, 2.24) is 4.90 Å². The molecule has 4 rings (SSSR count). The van der Waals surface area contributed by atoms with Crippen molar-refractivity contribution in [3.63, 3.8) is 0 Å². The highest BCUT2D eigenvalue weighted by Crippen LogP contribution is 2.38. The molecule has 0 amide bonds. The number of rotatable bonds is 4. The number of fused-ring (bicyclic) bond motifs is 1. The van der Waals surface area contributed by atoms with E-state index < -0.39 is 0 Å². The van der Waals surface area contributed by atoms with E-state index in [2.05, 4.69) is 40.6 Å². The van der Waals surface area contributed by atoms with Gasteiger partial charge < -0.3 is 9.64 Å². The molecule has 1 fully saturated rings. The van der Waals surface area contributed by atoms with Gasteiger partial charge in [-0.25, -0.2) is 0 Å². The molecular weight excluding hydrogens is 290 g/mol. The fourth-order valence-electron chi connectivity index (χ4n) is 4.06. The zero-order valence-corrected chi connectivity index (χ0v) is 13.9. The average molecular weight is 313 g/mol. The molecule has 1 aromatic heterocycles. The number of benzene rings is 1.